The van der Waals surface area contributed by atoms with E-state index in [0.29, 0.717) is 0 Å². The van der Waals surface area contributed by atoms with E-state index in [0.717, 1.165) is 19.1 Å². The number of alkyl halides is 5. The predicted molar refractivity (Wildman–Crippen MR) is 55.0 cm³/mol. The van der Waals surface area contributed by atoms with E-state index in [4.69, 9.17) is 5.73 Å². The van der Waals surface area contributed by atoms with E-state index in [1.807, 2.05) is 0 Å². The molecule has 1 rings (SSSR count). The minimum atomic E-state index is -4.68. The Balaban J connectivity index is 3.39. The molecule has 0 amide bonds. The molecule has 96 valence electrons. The molecule has 0 aliphatic carbocycles. The molecule has 0 spiro atoms. The average molecular weight is 253 g/mol. The van der Waals surface area contributed by atoms with Crippen molar-refractivity contribution in [3.63, 3.8) is 0 Å². The largest absolute Gasteiger partial charge is 0.418 e. The molecule has 2 N–H and O–H groups in total. The lowest BCUT2D eigenvalue weighted by atomic mass is 9.98. The van der Waals surface area contributed by atoms with Crippen LogP contribution < -0.4 is 5.73 Å². The standard InChI is InChI=1S/C11H12F5N/c1-5-3-7(9(13)6(2)12)10(17)8(4-5)11(14,15)16/h3-4,6,9H,17H2,1-2H3. The number of nitrogens with two attached hydrogens (primary N) is 1. The van der Waals surface area contributed by atoms with Crippen LogP contribution in [0.1, 0.15) is 29.8 Å². The van der Waals surface area contributed by atoms with Crippen molar-refractivity contribution in [1.82, 2.24) is 0 Å². The Morgan fingerprint density at radius 1 is 1.18 bits per heavy atom. The van der Waals surface area contributed by atoms with Gasteiger partial charge in [0.15, 0.2) is 6.17 Å². The molecule has 0 aliphatic rings. The molecule has 0 radical (unpaired) electrons. The van der Waals surface area contributed by atoms with Crippen LogP contribution in [0.15, 0.2) is 12.1 Å². The van der Waals surface area contributed by atoms with E-state index in [1.165, 1.54) is 6.92 Å². The van der Waals surface area contributed by atoms with Gasteiger partial charge in [-0.25, -0.2) is 8.78 Å². The number of halogens is 5. The first-order valence-corrected chi connectivity index (χ1v) is 4.90. The van der Waals surface area contributed by atoms with E-state index in [-0.39, 0.29) is 5.56 Å². The summed E-state index contributed by atoms with van der Waals surface area (Å²) in [5.74, 6) is 0. The molecule has 2 atom stereocenters. The second kappa shape index (κ2) is 4.50. The van der Waals surface area contributed by atoms with Gasteiger partial charge in [0.2, 0.25) is 0 Å². The second-order valence-corrected chi connectivity index (χ2v) is 3.89. The Hall–Kier alpha value is -1.33. The van der Waals surface area contributed by atoms with Gasteiger partial charge in [-0.1, -0.05) is 6.07 Å². The van der Waals surface area contributed by atoms with Gasteiger partial charge >= 0.3 is 6.18 Å². The maximum atomic E-state index is 13.4. The number of hydrogen-bond donors (Lipinski definition) is 1. The van der Waals surface area contributed by atoms with Gasteiger partial charge in [0, 0.05) is 5.56 Å². The molecule has 2 unspecified atom stereocenters. The lowest BCUT2D eigenvalue weighted by molar-refractivity contribution is -0.137. The van der Waals surface area contributed by atoms with Crippen LogP contribution in [0.4, 0.5) is 27.6 Å². The summed E-state index contributed by atoms with van der Waals surface area (Å²) >= 11 is 0. The summed E-state index contributed by atoms with van der Waals surface area (Å²) in [7, 11) is 0. The number of aryl methyl sites for hydroxylation is 1. The highest BCUT2D eigenvalue weighted by atomic mass is 19.4. The normalized spacial score (nSPS) is 15.7. The Labute approximate surface area is 95.4 Å². The first kappa shape index (κ1) is 13.7. The fraction of sp³-hybridized carbons (Fsp3) is 0.455. The average Bonchev–Trinajstić information content (AvgIpc) is 2.18. The van der Waals surface area contributed by atoms with Crippen molar-refractivity contribution in [2.45, 2.75) is 32.4 Å². The molecule has 17 heavy (non-hydrogen) atoms. The van der Waals surface area contributed by atoms with Crippen molar-refractivity contribution in [3.8, 4) is 0 Å². The van der Waals surface area contributed by atoms with E-state index in [9.17, 15) is 22.0 Å². The third-order valence-corrected chi connectivity index (χ3v) is 2.36. The summed E-state index contributed by atoms with van der Waals surface area (Å²) in [5, 5.41) is 0. The minimum absolute atomic E-state index is 0.185. The van der Waals surface area contributed by atoms with Gasteiger partial charge in [0.25, 0.3) is 0 Å². The zero-order valence-electron chi connectivity index (χ0n) is 9.28. The molecule has 0 bridgehead atoms. The molecule has 0 saturated carbocycles. The molecule has 1 nitrogen and oxygen atoms in total. The van der Waals surface area contributed by atoms with Crippen LogP contribution in [0, 0.1) is 6.92 Å². The Bertz CT molecular complexity index is 411. The maximum Gasteiger partial charge on any atom is 0.418 e. The first-order chi connectivity index (χ1) is 7.64. The lowest BCUT2D eigenvalue weighted by Crippen LogP contribution is -2.14. The lowest BCUT2D eigenvalue weighted by Gasteiger charge is -2.18. The zero-order chi connectivity index (χ0) is 13.4. The van der Waals surface area contributed by atoms with E-state index in [1.54, 1.807) is 0 Å². The van der Waals surface area contributed by atoms with Gasteiger partial charge in [-0.15, -0.1) is 0 Å². The topological polar surface area (TPSA) is 26.0 Å². The Morgan fingerprint density at radius 3 is 2.12 bits per heavy atom. The molecular weight excluding hydrogens is 241 g/mol. The van der Waals surface area contributed by atoms with Crippen molar-refractivity contribution in [3.05, 3.63) is 28.8 Å². The summed E-state index contributed by atoms with van der Waals surface area (Å²) in [6.45, 7) is 2.30. The summed E-state index contributed by atoms with van der Waals surface area (Å²) in [4.78, 5) is 0. The van der Waals surface area contributed by atoms with Crippen molar-refractivity contribution >= 4 is 5.69 Å². The second-order valence-electron chi connectivity index (χ2n) is 3.89. The maximum absolute atomic E-state index is 13.4. The molecule has 0 saturated heterocycles. The van der Waals surface area contributed by atoms with Crippen molar-refractivity contribution in [2.75, 3.05) is 5.73 Å². The summed E-state index contributed by atoms with van der Waals surface area (Å²) < 4.78 is 64.0. The minimum Gasteiger partial charge on any atom is -0.398 e. The molecule has 1 aromatic carbocycles. The summed E-state index contributed by atoms with van der Waals surface area (Å²) in [6.07, 6.45) is -8.75. The van der Waals surface area contributed by atoms with Gasteiger partial charge in [0.05, 0.1) is 11.3 Å². The molecule has 0 heterocycles. The highest BCUT2D eigenvalue weighted by Crippen LogP contribution is 2.39. The SMILES string of the molecule is Cc1cc(C(F)C(C)F)c(N)c(C(F)(F)F)c1. The number of rotatable bonds is 2. The van der Waals surface area contributed by atoms with E-state index >= 15 is 0 Å². The molecule has 6 heteroatoms. The van der Waals surface area contributed by atoms with Crippen LogP contribution in [0.3, 0.4) is 0 Å². The molecule has 0 fully saturated rings. The molecular formula is C11H12F5N. The Kier molecular flexibility index (Phi) is 3.64. The van der Waals surface area contributed by atoms with Crippen LogP contribution in [-0.2, 0) is 6.18 Å². The summed E-state index contributed by atoms with van der Waals surface area (Å²) in [5.41, 5.74) is 3.11. The van der Waals surface area contributed by atoms with Crippen LogP contribution >= 0.6 is 0 Å². The van der Waals surface area contributed by atoms with E-state index in [2.05, 4.69) is 0 Å². The molecule has 0 aliphatic heterocycles. The van der Waals surface area contributed by atoms with Gasteiger partial charge in [-0.3, -0.25) is 0 Å². The van der Waals surface area contributed by atoms with Crippen LogP contribution in [0.2, 0.25) is 0 Å². The number of nitrogen functional groups attached to an aromatic ring is 1. The molecule has 0 aromatic heterocycles. The fourth-order valence-corrected chi connectivity index (χ4v) is 1.54. The Morgan fingerprint density at radius 2 is 1.71 bits per heavy atom. The van der Waals surface area contributed by atoms with Gasteiger partial charge in [0.1, 0.15) is 6.17 Å². The predicted octanol–water partition coefficient (Wildman–Crippen LogP) is 3.96. The van der Waals surface area contributed by atoms with E-state index < -0.39 is 35.3 Å². The highest BCUT2D eigenvalue weighted by Gasteiger charge is 2.35. The van der Waals surface area contributed by atoms with Crippen LogP contribution in [0.5, 0.6) is 0 Å². The fourth-order valence-electron chi connectivity index (χ4n) is 1.54. The van der Waals surface area contributed by atoms with Gasteiger partial charge in [-0.2, -0.15) is 13.2 Å². The number of benzene rings is 1. The highest BCUT2D eigenvalue weighted by molar-refractivity contribution is 5.58. The number of hydrogen-bond acceptors (Lipinski definition) is 1. The van der Waals surface area contributed by atoms with Crippen LogP contribution in [0.25, 0.3) is 0 Å². The quantitative estimate of drug-likeness (QED) is 0.626. The van der Waals surface area contributed by atoms with Crippen molar-refractivity contribution < 1.29 is 22.0 Å². The smallest absolute Gasteiger partial charge is 0.398 e. The van der Waals surface area contributed by atoms with Gasteiger partial charge in [-0.05, 0) is 25.5 Å². The van der Waals surface area contributed by atoms with Crippen molar-refractivity contribution in [2.24, 2.45) is 0 Å². The van der Waals surface area contributed by atoms with Gasteiger partial charge < -0.3 is 5.73 Å². The number of anilines is 1. The zero-order valence-corrected chi connectivity index (χ0v) is 9.28. The van der Waals surface area contributed by atoms with Crippen molar-refractivity contribution in [1.29, 1.82) is 0 Å². The van der Waals surface area contributed by atoms with Crippen LogP contribution in [-0.4, -0.2) is 6.17 Å². The third kappa shape index (κ3) is 2.87. The summed E-state index contributed by atoms with van der Waals surface area (Å²) in [6, 6.07) is 1.94. The third-order valence-electron chi connectivity index (χ3n) is 2.36. The first-order valence-electron chi connectivity index (χ1n) is 4.90. The monoisotopic (exact) mass is 253 g/mol. The molecule has 1 aromatic rings.